The number of furan rings is 1. The number of nitrogens with one attached hydrogen (secondary N) is 2. The average molecular weight is 330 g/mol. The van der Waals surface area contributed by atoms with Gasteiger partial charge in [-0.2, -0.15) is 0 Å². The van der Waals surface area contributed by atoms with Gasteiger partial charge in [0.2, 0.25) is 5.88 Å². The zero-order valence-electron chi connectivity index (χ0n) is 14.4. The molecular formula is C18H26N4O2. The Balaban J connectivity index is 1.92. The van der Waals surface area contributed by atoms with E-state index in [1.54, 1.807) is 12.5 Å². The number of hydrogen-bond donors (Lipinski definition) is 2. The topological polar surface area (TPSA) is 71.7 Å². The standard InChI is InChI=1S/C18H26N4O2/c1-3-12-24-17-15(7-5-10-20-17)14-22-18(19-4-2)21-11-9-16-8-6-13-23-16/h5-8,10,13H,3-4,9,11-12,14H2,1-2H3,(H2,19,21,22). The second-order valence-corrected chi connectivity index (χ2v) is 5.27. The molecule has 0 aliphatic rings. The summed E-state index contributed by atoms with van der Waals surface area (Å²) in [6, 6.07) is 7.77. The summed E-state index contributed by atoms with van der Waals surface area (Å²) in [5.41, 5.74) is 0.981. The normalized spacial score (nSPS) is 11.3. The Labute approximate surface area is 143 Å². The summed E-state index contributed by atoms with van der Waals surface area (Å²) in [6.45, 7) is 6.86. The van der Waals surface area contributed by atoms with Gasteiger partial charge in [-0.25, -0.2) is 9.98 Å². The van der Waals surface area contributed by atoms with Crippen LogP contribution in [0.5, 0.6) is 5.88 Å². The number of aliphatic imine (C=N–C) groups is 1. The molecule has 0 saturated carbocycles. The molecule has 6 nitrogen and oxygen atoms in total. The maximum atomic E-state index is 5.68. The second kappa shape index (κ2) is 10.3. The number of nitrogens with zero attached hydrogens (tertiary/aromatic N) is 2. The molecule has 2 aromatic rings. The van der Waals surface area contributed by atoms with Crippen LogP contribution in [0.3, 0.4) is 0 Å². The largest absolute Gasteiger partial charge is 0.477 e. The monoisotopic (exact) mass is 330 g/mol. The Hall–Kier alpha value is -2.50. The predicted octanol–water partition coefficient (Wildman–Crippen LogP) is 2.76. The first-order valence-corrected chi connectivity index (χ1v) is 8.44. The molecule has 2 heterocycles. The quantitative estimate of drug-likeness (QED) is 0.546. The minimum Gasteiger partial charge on any atom is -0.477 e. The van der Waals surface area contributed by atoms with E-state index in [0.717, 1.165) is 43.2 Å². The SMILES string of the molecule is CCCOc1ncccc1CN=C(NCC)NCCc1ccco1. The highest BCUT2D eigenvalue weighted by Crippen LogP contribution is 2.15. The van der Waals surface area contributed by atoms with E-state index in [-0.39, 0.29) is 0 Å². The van der Waals surface area contributed by atoms with Crippen molar-refractivity contribution >= 4 is 5.96 Å². The van der Waals surface area contributed by atoms with Gasteiger partial charge in [0.25, 0.3) is 0 Å². The Bertz CT molecular complexity index is 611. The average Bonchev–Trinajstić information content (AvgIpc) is 3.12. The maximum absolute atomic E-state index is 5.68. The number of aromatic nitrogens is 1. The van der Waals surface area contributed by atoms with Crippen LogP contribution in [0.4, 0.5) is 0 Å². The maximum Gasteiger partial charge on any atom is 0.218 e. The third-order valence-electron chi connectivity index (χ3n) is 3.29. The molecule has 2 rings (SSSR count). The first kappa shape index (κ1) is 17.8. The van der Waals surface area contributed by atoms with Crippen molar-refractivity contribution in [2.24, 2.45) is 4.99 Å². The highest BCUT2D eigenvalue weighted by atomic mass is 16.5. The van der Waals surface area contributed by atoms with Gasteiger partial charge in [-0.1, -0.05) is 13.0 Å². The predicted molar refractivity (Wildman–Crippen MR) is 95.3 cm³/mol. The van der Waals surface area contributed by atoms with Crippen LogP contribution in [-0.4, -0.2) is 30.6 Å². The molecule has 2 N–H and O–H groups in total. The smallest absolute Gasteiger partial charge is 0.218 e. The van der Waals surface area contributed by atoms with Crippen LogP contribution in [0.1, 0.15) is 31.6 Å². The molecule has 6 heteroatoms. The lowest BCUT2D eigenvalue weighted by atomic mass is 10.3. The number of hydrogen-bond acceptors (Lipinski definition) is 4. The van der Waals surface area contributed by atoms with Gasteiger partial charge in [-0.3, -0.25) is 0 Å². The Morgan fingerprint density at radius 1 is 1.25 bits per heavy atom. The van der Waals surface area contributed by atoms with E-state index >= 15 is 0 Å². The molecule has 0 saturated heterocycles. The molecule has 0 amide bonds. The van der Waals surface area contributed by atoms with Crippen molar-refractivity contribution in [1.82, 2.24) is 15.6 Å². The van der Waals surface area contributed by atoms with Crippen molar-refractivity contribution < 1.29 is 9.15 Å². The zero-order valence-corrected chi connectivity index (χ0v) is 14.4. The van der Waals surface area contributed by atoms with Crippen LogP contribution in [0.15, 0.2) is 46.1 Å². The molecule has 130 valence electrons. The molecule has 0 bridgehead atoms. The molecule has 0 spiro atoms. The van der Waals surface area contributed by atoms with Gasteiger partial charge < -0.3 is 19.8 Å². The van der Waals surface area contributed by atoms with Crippen LogP contribution >= 0.6 is 0 Å². The van der Waals surface area contributed by atoms with Crippen molar-refractivity contribution in [3.8, 4) is 5.88 Å². The van der Waals surface area contributed by atoms with Gasteiger partial charge in [0.1, 0.15) is 5.76 Å². The van der Waals surface area contributed by atoms with E-state index in [2.05, 4.69) is 27.5 Å². The van der Waals surface area contributed by atoms with Crippen LogP contribution in [0.2, 0.25) is 0 Å². The van der Waals surface area contributed by atoms with Gasteiger partial charge in [0.05, 0.1) is 19.4 Å². The van der Waals surface area contributed by atoms with Gasteiger partial charge in [0.15, 0.2) is 5.96 Å². The van der Waals surface area contributed by atoms with E-state index in [1.807, 2.05) is 31.2 Å². The molecule has 0 aliphatic heterocycles. The molecule has 0 aromatic carbocycles. The van der Waals surface area contributed by atoms with E-state index < -0.39 is 0 Å². The van der Waals surface area contributed by atoms with Crippen molar-refractivity contribution in [2.75, 3.05) is 19.7 Å². The second-order valence-electron chi connectivity index (χ2n) is 5.27. The van der Waals surface area contributed by atoms with Gasteiger partial charge >= 0.3 is 0 Å². The van der Waals surface area contributed by atoms with Crippen LogP contribution in [0, 0.1) is 0 Å². The van der Waals surface area contributed by atoms with Crippen LogP contribution in [0.25, 0.3) is 0 Å². The van der Waals surface area contributed by atoms with Crippen molar-refractivity contribution in [2.45, 2.75) is 33.2 Å². The highest BCUT2D eigenvalue weighted by Gasteiger charge is 2.05. The molecule has 0 aliphatic carbocycles. The first-order chi connectivity index (χ1) is 11.8. The fraction of sp³-hybridized carbons (Fsp3) is 0.444. The van der Waals surface area contributed by atoms with Crippen molar-refractivity contribution in [3.63, 3.8) is 0 Å². The van der Waals surface area contributed by atoms with Gasteiger partial charge in [-0.15, -0.1) is 0 Å². The van der Waals surface area contributed by atoms with Crippen molar-refractivity contribution in [3.05, 3.63) is 48.0 Å². The lowest BCUT2D eigenvalue weighted by molar-refractivity contribution is 0.302. The summed E-state index contributed by atoms with van der Waals surface area (Å²) in [6.07, 6.45) is 5.20. The summed E-state index contributed by atoms with van der Waals surface area (Å²) in [7, 11) is 0. The lowest BCUT2D eigenvalue weighted by Crippen LogP contribution is -2.38. The van der Waals surface area contributed by atoms with Gasteiger partial charge in [-0.05, 0) is 31.5 Å². The number of rotatable bonds is 9. The molecule has 0 unspecified atom stereocenters. The highest BCUT2D eigenvalue weighted by molar-refractivity contribution is 5.79. The number of guanidine groups is 1. The van der Waals surface area contributed by atoms with E-state index in [9.17, 15) is 0 Å². The molecular weight excluding hydrogens is 304 g/mol. The minimum absolute atomic E-state index is 0.517. The fourth-order valence-corrected chi connectivity index (χ4v) is 2.14. The Morgan fingerprint density at radius 3 is 2.92 bits per heavy atom. The van der Waals surface area contributed by atoms with Crippen LogP contribution < -0.4 is 15.4 Å². The molecule has 2 aromatic heterocycles. The molecule has 0 radical (unpaired) electrons. The van der Waals surface area contributed by atoms with E-state index in [1.165, 1.54) is 0 Å². The molecule has 24 heavy (non-hydrogen) atoms. The third-order valence-corrected chi connectivity index (χ3v) is 3.29. The zero-order chi connectivity index (χ0) is 17.0. The Kier molecular flexibility index (Phi) is 7.67. The third kappa shape index (κ3) is 5.95. The van der Waals surface area contributed by atoms with Crippen molar-refractivity contribution in [1.29, 1.82) is 0 Å². The summed E-state index contributed by atoms with van der Waals surface area (Å²) in [4.78, 5) is 8.91. The lowest BCUT2D eigenvalue weighted by Gasteiger charge is -2.12. The van der Waals surface area contributed by atoms with Crippen LogP contribution in [-0.2, 0) is 13.0 Å². The fourth-order valence-electron chi connectivity index (χ4n) is 2.14. The van der Waals surface area contributed by atoms with Gasteiger partial charge in [0, 0.05) is 31.3 Å². The number of pyridine rings is 1. The number of ether oxygens (including phenoxy) is 1. The van der Waals surface area contributed by atoms with E-state index in [4.69, 9.17) is 9.15 Å². The molecule has 0 atom stereocenters. The summed E-state index contributed by atoms with van der Waals surface area (Å²) in [5.74, 6) is 2.39. The summed E-state index contributed by atoms with van der Waals surface area (Å²) < 4.78 is 11.0. The summed E-state index contributed by atoms with van der Waals surface area (Å²) >= 11 is 0. The summed E-state index contributed by atoms with van der Waals surface area (Å²) in [5, 5.41) is 6.55. The first-order valence-electron chi connectivity index (χ1n) is 8.44. The minimum atomic E-state index is 0.517. The van der Waals surface area contributed by atoms with E-state index in [0.29, 0.717) is 19.0 Å². The molecule has 0 fully saturated rings. The Morgan fingerprint density at radius 2 is 2.17 bits per heavy atom.